The molecule has 0 saturated carbocycles. The number of anilines is 3. The molecule has 0 spiro atoms. The Kier molecular flexibility index (Phi) is 10.4. The van der Waals surface area contributed by atoms with Crippen LogP contribution in [-0.4, -0.2) is 47.1 Å². The number of carbonyl (C=O) groups is 3. The molecule has 0 saturated heterocycles. The molecule has 0 unspecified atom stereocenters. The molecule has 8 nitrogen and oxygen atoms in total. The van der Waals surface area contributed by atoms with Crippen LogP contribution in [0.3, 0.4) is 0 Å². The number of alkyl halides is 2. The number of aryl methyl sites for hydroxylation is 2. The highest BCUT2D eigenvalue weighted by Gasteiger charge is 2.22. The van der Waals surface area contributed by atoms with Crippen LogP contribution in [0, 0.1) is 0 Å². The molecular weight excluding hydrogens is 513 g/mol. The van der Waals surface area contributed by atoms with Gasteiger partial charge in [0.2, 0.25) is 5.91 Å². The second kappa shape index (κ2) is 13.7. The third-order valence-electron chi connectivity index (χ3n) is 5.82. The van der Waals surface area contributed by atoms with E-state index in [0.29, 0.717) is 48.9 Å². The van der Waals surface area contributed by atoms with Crippen LogP contribution in [-0.2, 0) is 18.3 Å². The summed E-state index contributed by atoms with van der Waals surface area (Å²) in [7, 11) is 1.62. The molecule has 1 heterocycles. The molecule has 3 amide bonds. The molecule has 3 rings (SSSR count). The van der Waals surface area contributed by atoms with E-state index in [0.717, 1.165) is 11.3 Å². The van der Waals surface area contributed by atoms with E-state index in [2.05, 4.69) is 21.6 Å². The Labute approximate surface area is 226 Å². The SMILES string of the molecule is Cn1cc(NC(=O)CCCc2cccc(N(CCCl)CCCl)c2)c(NC(=O)c2ccccc2)c1C(N)=O. The van der Waals surface area contributed by atoms with Gasteiger partial charge in [0.15, 0.2) is 0 Å². The van der Waals surface area contributed by atoms with Crippen molar-refractivity contribution in [1.82, 2.24) is 4.57 Å². The normalized spacial score (nSPS) is 10.7. The van der Waals surface area contributed by atoms with Crippen molar-refractivity contribution in [2.24, 2.45) is 12.8 Å². The van der Waals surface area contributed by atoms with E-state index in [1.54, 1.807) is 43.6 Å². The summed E-state index contributed by atoms with van der Waals surface area (Å²) in [5.74, 6) is -0.359. The van der Waals surface area contributed by atoms with Crippen molar-refractivity contribution >= 4 is 58.0 Å². The smallest absolute Gasteiger partial charge is 0.267 e. The van der Waals surface area contributed by atoms with Crippen LogP contribution in [0.4, 0.5) is 17.1 Å². The Morgan fingerprint density at radius 1 is 0.973 bits per heavy atom. The number of halogens is 2. The van der Waals surface area contributed by atoms with Crippen LogP contribution in [0.2, 0.25) is 0 Å². The summed E-state index contributed by atoms with van der Waals surface area (Å²) in [6, 6.07) is 16.7. The molecule has 0 radical (unpaired) electrons. The average Bonchev–Trinajstić information content (AvgIpc) is 3.18. The number of hydrogen-bond donors (Lipinski definition) is 3. The summed E-state index contributed by atoms with van der Waals surface area (Å²) < 4.78 is 1.48. The minimum absolute atomic E-state index is 0.0924. The van der Waals surface area contributed by atoms with Crippen molar-refractivity contribution in [3.8, 4) is 0 Å². The average molecular weight is 544 g/mol. The van der Waals surface area contributed by atoms with Gasteiger partial charge in [-0.2, -0.15) is 0 Å². The fourth-order valence-electron chi connectivity index (χ4n) is 4.07. The maximum Gasteiger partial charge on any atom is 0.267 e. The molecule has 196 valence electrons. The van der Waals surface area contributed by atoms with Gasteiger partial charge in [0, 0.05) is 55.8 Å². The van der Waals surface area contributed by atoms with Crippen LogP contribution in [0.5, 0.6) is 0 Å². The highest BCUT2D eigenvalue weighted by molar-refractivity contribution is 6.18. The lowest BCUT2D eigenvalue weighted by Crippen LogP contribution is -2.27. The summed E-state index contributed by atoms with van der Waals surface area (Å²) in [5.41, 5.74) is 8.68. The molecule has 0 bridgehead atoms. The molecule has 0 aliphatic heterocycles. The lowest BCUT2D eigenvalue weighted by Gasteiger charge is -2.23. The summed E-state index contributed by atoms with van der Waals surface area (Å²) >= 11 is 11.9. The van der Waals surface area contributed by atoms with Gasteiger partial charge in [0.05, 0.1) is 11.4 Å². The van der Waals surface area contributed by atoms with Gasteiger partial charge < -0.3 is 25.8 Å². The molecule has 10 heteroatoms. The van der Waals surface area contributed by atoms with E-state index in [9.17, 15) is 14.4 Å². The number of benzene rings is 2. The number of rotatable bonds is 13. The van der Waals surface area contributed by atoms with E-state index in [4.69, 9.17) is 28.9 Å². The van der Waals surface area contributed by atoms with E-state index in [1.165, 1.54) is 4.57 Å². The second-order valence-corrected chi connectivity index (χ2v) is 9.25. The van der Waals surface area contributed by atoms with Crippen LogP contribution < -0.4 is 21.3 Å². The molecule has 1 aromatic heterocycles. The summed E-state index contributed by atoms with van der Waals surface area (Å²) in [6.45, 7) is 1.40. The number of aromatic nitrogens is 1. The van der Waals surface area contributed by atoms with Crippen molar-refractivity contribution in [2.75, 3.05) is 40.4 Å². The summed E-state index contributed by atoms with van der Waals surface area (Å²) in [4.78, 5) is 39.7. The van der Waals surface area contributed by atoms with Crippen molar-refractivity contribution in [2.45, 2.75) is 19.3 Å². The predicted octanol–water partition coefficient (Wildman–Crippen LogP) is 4.62. The molecule has 0 fully saturated rings. The molecule has 0 atom stereocenters. The van der Waals surface area contributed by atoms with Gasteiger partial charge in [0.25, 0.3) is 11.8 Å². The molecule has 4 N–H and O–H groups in total. The van der Waals surface area contributed by atoms with E-state index in [1.807, 2.05) is 18.2 Å². The Morgan fingerprint density at radius 2 is 1.68 bits per heavy atom. The van der Waals surface area contributed by atoms with E-state index in [-0.39, 0.29) is 23.7 Å². The number of nitrogens with zero attached hydrogens (tertiary/aromatic N) is 2. The third kappa shape index (κ3) is 7.74. The minimum Gasteiger partial charge on any atom is -0.369 e. The minimum atomic E-state index is -0.719. The third-order valence-corrected chi connectivity index (χ3v) is 6.16. The molecule has 0 aliphatic rings. The largest absolute Gasteiger partial charge is 0.369 e. The van der Waals surface area contributed by atoms with E-state index >= 15 is 0 Å². The number of nitrogens with two attached hydrogens (primary N) is 1. The van der Waals surface area contributed by atoms with Gasteiger partial charge in [-0.3, -0.25) is 14.4 Å². The number of amides is 3. The van der Waals surface area contributed by atoms with Crippen LogP contribution in [0.1, 0.15) is 39.3 Å². The van der Waals surface area contributed by atoms with Gasteiger partial charge in [-0.25, -0.2) is 0 Å². The first-order valence-electron chi connectivity index (χ1n) is 11.9. The highest BCUT2D eigenvalue weighted by atomic mass is 35.5. The predicted molar refractivity (Wildman–Crippen MR) is 150 cm³/mol. The topological polar surface area (TPSA) is 109 Å². The first-order valence-corrected chi connectivity index (χ1v) is 13.0. The standard InChI is InChI=1S/C27H31Cl2N5O3/c1-33-18-22(24(25(33)26(30)36)32-27(37)20-9-3-2-4-10-20)31-23(35)12-6-8-19-7-5-11-21(17-19)34(15-13-28)16-14-29/h2-5,7,9-11,17-18H,6,8,12-16H2,1H3,(H2,30,36)(H,31,35)(H,32,37). The second-order valence-electron chi connectivity index (χ2n) is 8.50. The van der Waals surface area contributed by atoms with Crippen LogP contribution in [0.15, 0.2) is 60.8 Å². The first kappa shape index (κ1) is 28.1. The van der Waals surface area contributed by atoms with Crippen molar-refractivity contribution in [3.05, 3.63) is 77.6 Å². The number of carbonyl (C=O) groups excluding carboxylic acids is 3. The molecule has 3 aromatic rings. The Balaban J connectivity index is 1.65. The Morgan fingerprint density at radius 3 is 2.32 bits per heavy atom. The molecule has 0 aliphatic carbocycles. The number of hydrogen-bond acceptors (Lipinski definition) is 4. The quantitative estimate of drug-likeness (QED) is 0.273. The summed E-state index contributed by atoms with van der Waals surface area (Å²) in [5, 5.41) is 5.54. The fraction of sp³-hybridized carbons (Fsp3) is 0.296. The van der Waals surface area contributed by atoms with Crippen LogP contribution >= 0.6 is 23.2 Å². The van der Waals surface area contributed by atoms with Crippen LogP contribution in [0.25, 0.3) is 0 Å². The van der Waals surface area contributed by atoms with E-state index < -0.39 is 11.8 Å². The zero-order valence-corrected chi connectivity index (χ0v) is 22.2. The number of nitrogens with one attached hydrogen (secondary N) is 2. The highest BCUT2D eigenvalue weighted by Crippen LogP contribution is 2.29. The monoisotopic (exact) mass is 543 g/mol. The fourth-order valence-corrected chi connectivity index (χ4v) is 4.48. The van der Waals surface area contributed by atoms with Crippen molar-refractivity contribution in [1.29, 1.82) is 0 Å². The number of primary amides is 1. The van der Waals surface area contributed by atoms with Gasteiger partial charge >= 0.3 is 0 Å². The lowest BCUT2D eigenvalue weighted by atomic mass is 10.1. The molecular formula is C27H31Cl2N5O3. The summed E-state index contributed by atoms with van der Waals surface area (Å²) in [6.07, 6.45) is 3.13. The Hall–Kier alpha value is -3.49. The van der Waals surface area contributed by atoms with Crippen molar-refractivity contribution in [3.63, 3.8) is 0 Å². The van der Waals surface area contributed by atoms with Gasteiger partial charge in [-0.05, 0) is 42.7 Å². The van der Waals surface area contributed by atoms with Crippen molar-refractivity contribution < 1.29 is 14.4 Å². The van der Waals surface area contributed by atoms with Gasteiger partial charge in [-0.1, -0.05) is 30.3 Å². The first-order chi connectivity index (χ1) is 17.8. The molecule has 37 heavy (non-hydrogen) atoms. The lowest BCUT2D eigenvalue weighted by molar-refractivity contribution is -0.116. The maximum absolute atomic E-state index is 12.8. The maximum atomic E-state index is 12.8. The zero-order chi connectivity index (χ0) is 26.8. The van der Waals surface area contributed by atoms with Gasteiger partial charge in [-0.15, -0.1) is 23.2 Å². The van der Waals surface area contributed by atoms with Gasteiger partial charge in [0.1, 0.15) is 5.69 Å². The Bertz CT molecular complexity index is 1220. The zero-order valence-electron chi connectivity index (χ0n) is 20.7. The molecule has 2 aromatic carbocycles.